The van der Waals surface area contributed by atoms with Crippen molar-refractivity contribution in [3.05, 3.63) is 47.1 Å². The van der Waals surface area contributed by atoms with E-state index in [0.717, 1.165) is 11.4 Å². The molecule has 5 nitrogen and oxygen atoms in total. The van der Waals surface area contributed by atoms with Crippen molar-refractivity contribution in [3.8, 4) is 0 Å². The van der Waals surface area contributed by atoms with Gasteiger partial charge >= 0.3 is 0 Å². The quantitative estimate of drug-likeness (QED) is 0.851. The van der Waals surface area contributed by atoms with Gasteiger partial charge in [-0.1, -0.05) is 23.4 Å². The van der Waals surface area contributed by atoms with Gasteiger partial charge in [0.05, 0.1) is 19.3 Å². The number of nitrogens with zero attached hydrogens (tertiary/aromatic N) is 2. The SMILES string of the molecule is Cc1noc(C)c1N(C)CC(O)COCc1ccccc1F. The van der Waals surface area contributed by atoms with Gasteiger partial charge < -0.3 is 19.3 Å². The highest BCUT2D eigenvalue weighted by Crippen LogP contribution is 2.22. The van der Waals surface area contributed by atoms with E-state index in [9.17, 15) is 9.50 Å². The summed E-state index contributed by atoms with van der Waals surface area (Å²) in [4.78, 5) is 1.87. The molecule has 2 aromatic rings. The van der Waals surface area contributed by atoms with E-state index in [1.54, 1.807) is 18.2 Å². The van der Waals surface area contributed by atoms with Crippen LogP contribution in [-0.4, -0.2) is 36.6 Å². The van der Waals surface area contributed by atoms with Crippen LogP contribution in [-0.2, 0) is 11.3 Å². The number of likely N-dealkylation sites (N-methyl/N-ethyl adjacent to an activating group) is 1. The summed E-state index contributed by atoms with van der Waals surface area (Å²) in [7, 11) is 1.85. The van der Waals surface area contributed by atoms with Crippen LogP contribution in [0.1, 0.15) is 17.0 Å². The molecular weight excluding hydrogens is 287 g/mol. The Morgan fingerprint density at radius 1 is 1.36 bits per heavy atom. The molecule has 0 fully saturated rings. The molecule has 22 heavy (non-hydrogen) atoms. The maximum Gasteiger partial charge on any atom is 0.157 e. The van der Waals surface area contributed by atoms with Crippen LogP contribution in [0, 0.1) is 19.7 Å². The van der Waals surface area contributed by atoms with Crippen LogP contribution in [0.4, 0.5) is 10.1 Å². The Labute approximate surface area is 129 Å². The van der Waals surface area contributed by atoms with E-state index < -0.39 is 6.10 Å². The first-order valence-electron chi connectivity index (χ1n) is 7.12. The lowest BCUT2D eigenvalue weighted by molar-refractivity contribution is 0.0314. The number of aliphatic hydroxyl groups excluding tert-OH is 1. The standard InChI is InChI=1S/C16H21FN2O3/c1-11-16(12(2)22-18-11)19(3)8-14(20)10-21-9-13-6-4-5-7-15(13)17/h4-7,14,20H,8-10H2,1-3H3. The zero-order chi connectivity index (χ0) is 16.1. The molecule has 0 aliphatic rings. The Morgan fingerprint density at radius 2 is 2.09 bits per heavy atom. The molecule has 1 atom stereocenters. The minimum Gasteiger partial charge on any atom is -0.389 e. The van der Waals surface area contributed by atoms with E-state index in [2.05, 4.69) is 5.16 Å². The minimum atomic E-state index is -0.689. The van der Waals surface area contributed by atoms with Crippen molar-refractivity contribution >= 4 is 5.69 Å². The summed E-state index contributed by atoms with van der Waals surface area (Å²) in [5.74, 6) is 0.407. The van der Waals surface area contributed by atoms with E-state index in [1.165, 1.54) is 6.07 Å². The second-order valence-corrected chi connectivity index (χ2v) is 5.31. The predicted molar refractivity (Wildman–Crippen MR) is 81.3 cm³/mol. The van der Waals surface area contributed by atoms with Crippen molar-refractivity contribution in [2.24, 2.45) is 0 Å². The van der Waals surface area contributed by atoms with Crippen molar-refractivity contribution in [2.75, 3.05) is 25.1 Å². The summed E-state index contributed by atoms with van der Waals surface area (Å²) in [6.45, 7) is 4.32. The second kappa shape index (κ2) is 7.38. The van der Waals surface area contributed by atoms with E-state index in [0.29, 0.717) is 17.9 Å². The Bertz CT molecular complexity index is 596. The summed E-state index contributed by atoms with van der Waals surface area (Å²) in [5.41, 5.74) is 2.13. The lowest BCUT2D eigenvalue weighted by atomic mass is 10.2. The van der Waals surface area contributed by atoms with E-state index >= 15 is 0 Å². The van der Waals surface area contributed by atoms with E-state index in [4.69, 9.17) is 9.26 Å². The molecule has 1 aromatic heterocycles. The number of hydrogen-bond donors (Lipinski definition) is 1. The summed E-state index contributed by atoms with van der Waals surface area (Å²) in [6.07, 6.45) is -0.689. The number of aromatic nitrogens is 1. The summed E-state index contributed by atoms with van der Waals surface area (Å²) in [5, 5.41) is 13.9. The van der Waals surface area contributed by atoms with Gasteiger partial charge in [-0.2, -0.15) is 0 Å². The Morgan fingerprint density at radius 3 is 2.73 bits per heavy atom. The Hall–Kier alpha value is -1.92. The van der Waals surface area contributed by atoms with Crippen LogP contribution in [0.25, 0.3) is 0 Å². The van der Waals surface area contributed by atoms with Gasteiger partial charge in [0, 0.05) is 19.2 Å². The fourth-order valence-corrected chi connectivity index (χ4v) is 2.40. The smallest absolute Gasteiger partial charge is 0.157 e. The maximum atomic E-state index is 13.4. The van der Waals surface area contributed by atoms with Gasteiger partial charge in [0.1, 0.15) is 17.2 Å². The number of hydrogen-bond acceptors (Lipinski definition) is 5. The number of aryl methyl sites for hydroxylation is 2. The highest BCUT2D eigenvalue weighted by atomic mass is 19.1. The average molecular weight is 308 g/mol. The van der Waals surface area contributed by atoms with Gasteiger partial charge in [-0.15, -0.1) is 0 Å². The molecule has 0 aliphatic carbocycles. The van der Waals surface area contributed by atoms with E-state index in [1.807, 2.05) is 25.8 Å². The molecule has 2 rings (SSSR count). The maximum absolute atomic E-state index is 13.4. The summed E-state index contributed by atoms with van der Waals surface area (Å²) in [6, 6.07) is 6.44. The molecule has 1 unspecified atom stereocenters. The van der Waals surface area contributed by atoms with Crippen molar-refractivity contribution in [1.29, 1.82) is 0 Å². The Balaban J connectivity index is 1.81. The van der Waals surface area contributed by atoms with E-state index in [-0.39, 0.29) is 19.0 Å². The van der Waals surface area contributed by atoms with Crippen LogP contribution in [0.5, 0.6) is 0 Å². The van der Waals surface area contributed by atoms with Gasteiger partial charge in [-0.25, -0.2) is 4.39 Å². The third kappa shape index (κ3) is 4.05. The van der Waals surface area contributed by atoms with Crippen LogP contribution in [0.3, 0.4) is 0 Å². The lowest BCUT2D eigenvalue weighted by Crippen LogP contribution is -2.32. The van der Waals surface area contributed by atoms with Crippen molar-refractivity contribution in [2.45, 2.75) is 26.6 Å². The van der Waals surface area contributed by atoms with Crippen molar-refractivity contribution < 1.29 is 18.8 Å². The minimum absolute atomic E-state index is 0.127. The topological polar surface area (TPSA) is 58.7 Å². The Kier molecular flexibility index (Phi) is 5.51. The molecule has 1 heterocycles. The molecule has 0 bridgehead atoms. The van der Waals surface area contributed by atoms with Crippen LogP contribution in [0.2, 0.25) is 0 Å². The van der Waals surface area contributed by atoms with Gasteiger partial charge in [0.25, 0.3) is 0 Å². The highest BCUT2D eigenvalue weighted by Gasteiger charge is 2.16. The van der Waals surface area contributed by atoms with Crippen molar-refractivity contribution in [1.82, 2.24) is 5.16 Å². The second-order valence-electron chi connectivity index (χ2n) is 5.31. The largest absolute Gasteiger partial charge is 0.389 e. The molecule has 0 amide bonds. The average Bonchev–Trinajstić information content (AvgIpc) is 2.80. The van der Waals surface area contributed by atoms with Crippen LogP contribution >= 0.6 is 0 Å². The van der Waals surface area contributed by atoms with Gasteiger partial charge in [-0.3, -0.25) is 0 Å². The normalized spacial score (nSPS) is 12.4. The molecule has 1 N–H and O–H groups in total. The molecule has 0 radical (unpaired) electrons. The lowest BCUT2D eigenvalue weighted by Gasteiger charge is -2.22. The third-order valence-electron chi connectivity index (χ3n) is 3.39. The molecular formula is C16H21FN2O3. The fraction of sp³-hybridized carbons (Fsp3) is 0.438. The monoisotopic (exact) mass is 308 g/mol. The van der Waals surface area contributed by atoms with Crippen LogP contribution in [0.15, 0.2) is 28.8 Å². The molecule has 0 spiro atoms. The molecule has 0 aliphatic heterocycles. The predicted octanol–water partition coefficient (Wildman–Crippen LogP) is 2.44. The molecule has 120 valence electrons. The first-order chi connectivity index (χ1) is 10.5. The van der Waals surface area contributed by atoms with Gasteiger partial charge in [-0.05, 0) is 19.9 Å². The van der Waals surface area contributed by atoms with Crippen LogP contribution < -0.4 is 4.90 Å². The summed E-state index contributed by atoms with van der Waals surface area (Å²) < 4.78 is 23.9. The van der Waals surface area contributed by atoms with Gasteiger partial charge in [0.2, 0.25) is 0 Å². The highest BCUT2D eigenvalue weighted by molar-refractivity contribution is 5.52. The van der Waals surface area contributed by atoms with Crippen molar-refractivity contribution in [3.63, 3.8) is 0 Å². The third-order valence-corrected chi connectivity index (χ3v) is 3.39. The first-order valence-corrected chi connectivity index (χ1v) is 7.12. The van der Waals surface area contributed by atoms with Gasteiger partial charge in [0.15, 0.2) is 5.76 Å². The summed E-state index contributed by atoms with van der Waals surface area (Å²) >= 11 is 0. The first kappa shape index (κ1) is 16.5. The number of aliphatic hydroxyl groups is 1. The molecule has 0 saturated heterocycles. The molecule has 1 aromatic carbocycles. The number of anilines is 1. The molecule has 0 saturated carbocycles. The zero-order valence-corrected chi connectivity index (χ0v) is 13.0. The fourth-order valence-electron chi connectivity index (χ4n) is 2.40. The number of benzene rings is 1. The molecule has 6 heteroatoms. The number of rotatable bonds is 7. The number of ether oxygens (including phenoxy) is 1. The zero-order valence-electron chi connectivity index (χ0n) is 13.0. The number of halogens is 1.